The minimum absolute atomic E-state index is 0.194. The van der Waals surface area contributed by atoms with Crippen molar-refractivity contribution in [3.8, 4) is 0 Å². The SMILES string of the molecule is Cc1ccc2c(c1)N(Cc1ccccc1)C(=O)C2. The van der Waals surface area contributed by atoms with Crippen LogP contribution in [-0.2, 0) is 17.8 Å². The number of benzene rings is 2. The van der Waals surface area contributed by atoms with Crippen LogP contribution in [0.15, 0.2) is 48.5 Å². The second-order valence-electron chi connectivity index (χ2n) is 4.77. The lowest BCUT2D eigenvalue weighted by molar-refractivity contribution is -0.117. The highest BCUT2D eigenvalue weighted by atomic mass is 16.2. The van der Waals surface area contributed by atoms with Gasteiger partial charge in [-0.2, -0.15) is 0 Å². The van der Waals surface area contributed by atoms with Gasteiger partial charge >= 0.3 is 0 Å². The Bertz CT molecular complexity index is 589. The van der Waals surface area contributed by atoms with Gasteiger partial charge < -0.3 is 4.90 Å². The molecule has 0 unspecified atom stereocenters. The Morgan fingerprint density at radius 1 is 1.11 bits per heavy atom. The fraction of sp³-hybridized carbons (Fsp3) is 0.188. The zero-order chi connectivity index (χ0) is 12.5. The molecule has 0 aromatic heterocycles. The molecule has 0 bridgehead atoms. The Hall–Kier alpha value is -2.09. The quantitative estimate of drug-likeness (QED) is 0.786. The van der Waals surface area contributed by atoms with E-state index in [4.69, 9.17) is 0 Å². The molecule has 1 aliphatic rings. The summed E-state index contributed by atoms with van der Waals surface area (Å²) in [5.74, 6) is 0.194. The first-order valence-corrected chi connectivity index (χ1v) is 6.18. The molecule has 90 valence electrons. The van der Waals surface area contributed by atoms with E-state index in [-0.39, 0.29) is 5.91 Å². The van der Waals surface area contributed by atoms with E-state index >= 15 is 0 Å². The normalized spacial score (nSPS) is 13.8. The zero-order valence-electron chi connectivity index (χ0n) is 10.4. The van der Waals surface area contributed by atoms with Crippen molar-refractivity contribution in [3.05, 3.63) is 65.2 Å². The van der Waals surface area contributed by atoms with Crippen LogP contribution in [0.2, 0.25) is 0 Å². The van der Waals surface area contributed by atoms with Crippen LogP contribution in [0.4, 0.5) is 5.69 Å². The van der Waals surface area contributed by atoms with Crippen molar-refractivity contribution < 1.29 is 4.79 Å². The van der Waals surface area contributed by atoms with Crippen LogP contribution in [0.5, 0.6) is 0 Å². The minimum Gasteiger partial charge on any atom is -0.307 e. The molecule has 0 saturated heterocycles. The second-order valence-corrected chi connectivity index (χ2v) is 4.77. The molecule has 0 aliphatic carbocycles. The number of amides is 1. The van der Waals surface area contributed by atoms with Gasteiger partial charge in [0, 0.05) is 5.69 Å². The number of carbonyl (C=O) groups is 1. The molecule has 1 aliphatic heterocycles. The fourth-order valence-electron chi connectivity index (χ4n) is 2.41. The van der Waals surface area contributed by atoms with Crippen molar-refractivity contribution in [2.75, 3.05) is 4.90 Å². The van der Waals surface area contributed by atoms with Gasteiger partial charge in [-0.1, -0.05) is 42.5 Å². The van der Waals surface area contributed by atoms with Crippen LogP contribution in [0.1, 0.15) is 16.7 Å². The van der Waals surface area contributed by atoms with Crippen molar-refractivity contribution in [1.29, 1.82) is 0 Å². The van der Waals surface area contributed by atoms with E-state index in [1.165, 1.54) is 11.1 Å². The van der Waals surface area contributed by atoms with Crippen molar-refractivity contribution in [3.63, 3.8) is 0 Å². The Morgan fingerprint density at radius 2 is 1.89 bits per heavy atom. The van der Waals surface area contributed by atoms with Crippen molar-refractivity contribution in [2.24, 2.45) is 0 Å². The van der Waals surface area contributed by atoms with Crippen LogP contribution in [0, 0.1) is 6.92 Å². The van der Waals surface area contributed by atoms with Gasteiger partial charge in [0.05, 0.1) is 13.0 Å². The van der Waals surface area contributed by atoms with Crippen molar-refractivity contribution in [1.82, 2.24) is 0 Å². The number of hydrogen-bond acceptors (Lipinski definition) is 1. The Morgan fingerprint density at radius 3 is 2.67 bits per heavy atom. The molecular formula is C16H15NO. The molecule has 0 saturated carbocycles. The standard InChI is InChI=1S/C16H15NO/c1-12-7-8-14-10-16(18)17(15(14)9-12)11-13-5-3-2-4-6-13/h2-9H,10-11H2,1H3. The van der Waals surface area contributed by atoms with Crippen LogP contribution in [0.25, 0.3) is 0 Å². The van der Waals surface area contributed by atoms with Crippen LogP contribution in [-0.4, -0.2) is 5.91 Å². The molecule has 2 aromatic carbocycles. The lowest BCUT2D eigenvalue weighted by Gasteiger charge is -2.18. The van der Waals surface area contributed by atoms with E-state index in [0.717, 1.165) is 11.3 Å². The maximum absolute atomic E-state index is 12.1. The minimum atomic E-state index is 0.194. The maximum Gasteiger partial charge on any atom is 0.231 e. The number of fused-ring (bicyclic) bond motifs is 1. The monoisotopic (exact) mass is 237 g/mol. The number of hydrogen-bond donors (Lipinski definition) is 0. The largest absolute Gasteiger partial charge is 0.307 e. The number of carbonyl (C=O) groups excluding carboxylic acids is 1. The molecule has 0 N–H and O–H groups in total. The summed E-state index contributed by atoms with van der Waals surface area (Å²) in [6, 6.07) is 16.4. The summed E-state index contributed by atoms with van der Waals surface area (Å²) in [6.07, 6.45) is 0.530. The first kappa shape index (κ1) is 11.0. The average molecular weight is 237 g/mol. The average Bonchev–Trinajstić information content (AvgIpc) is 2.67. The molecule has 3 rings (SSSR count). The molecule has 18 heavy (non-hydrogen) atoms. The maximum atomic E-state index is 12.1. The molecule has 0 spiro atoms. The van der Waals surface area contributed by atoms with E-state index in [2.05, 4.69) is 37.3 Å². The first-order chi connectivity index (χ1) is 8.74. The Labute approximate surface area is 107 Å². The third-order valence-corrected chi connectivity index (χ3v) is 3.36. The highest BCUT2D eigenvalue weighted by molar-refractivity contribution is 6.01. The summed E-state index contributed by atoms with van der Waals surface area (Å²) in [7, 11) is 0. The summed E-state index contributed by atoms with van der Waals surface area (Å²) in [6.45, 7) is 2.72. The zero-order valence-corrected chi connectivity index (χ0v) is 10.4. The molecule has 1 amide bonds. The van der Waals surface area contributed by atoms with Gasteiger partial charge in [0.15, 0.2) is 0 Å². The molecule has 2 heteroatoms. The summed E-state index contributed by atoms with van der Waals surface area (Å²) in [4.78, 5) is 14.0. The number of aryl methyl sites for hydroxylation is 1. The van der Waals surface area contributed by atoms with Gasteiger partial charge in [0.1, 0.15) is 0 Å². The lowest BCUT2D eigenvalue weighted by Crippen LogP contribution is -2.25. The summed E-state index contributed by atoms with van der Waals surface area (Å²) in [5.41, 5.74) is 4.58. The summed E-state index contributed by atoms with van der Waals surface area (Å²) >= 11 is 0. The number of rotatable bonds is 2. The van der Waals surface area contributed by atoms with Crippen LogP contribution >= 0.6 is 0 Å². The predicted molar refractivity (Wildman–Crippen MR) is 72.5 cm³/mol. The molecular weight excluding hydrogens is 222 g/mol. The van der Waals surface area contributed by atoms with Crippen LogP contribution in [0.3, 0.4) is 0 Å². The van der Waals surface area contributed by atoms with Gasteiger partial charge in [0.25, 0.3) is 0 Å². The van der Waals surface area contributed by atoms with Gasteiger partial charge in [-0.05, 0) is 29.7 Å². The van der Waals surface area contributed by atoms with Crippen molar-refractivity contribution in [2.45, 2.75) is 19.9 Å². The van der Waals surface area contributed by atoms with Crippen molar-refractivity contribution >= 4 is 11.6 Å². The second kappa shape index (κ2) is 4.30. The summed E-state index contributed by atoms with van der Waals surface area (Å²) < 4.78 is 0. The summed E-state index contributed by atoms with van der Waals surface area (Å²) in [5, 5.41) is 0. The highest BCUT2D eigenvalue weighted by Gasteiger charge is 2.26. The molecule has 0 radical (unpaired) electrons. The van der Waals surface area contributed by atoms with E-state index in [1.54, 1.807) is 0 Å². The van der Waals surface area contributed by atoms with E-state index in [1.807, 2.05) is 23.1 Å². The Balaban J connectivity index is 1.94. The third-order valence-electron chi connectivity index (χ3n) is 3.36. The van der Waals surface area contributed by atoms with E-state index in [0.29, 0.717) is 13.0 Å². The van der Waals surface area contributed by atoms with E-state index in [9.17, 15) is 4.79 Å². The molecule has 2 nitrogen and oxygen atoms in total. The smallest absolute Gasteiger partial charge is 0.231 e. The van der Waals surface area contributed by atoms with Gasteiger partial charge in [0.2, 0.25) is 5.91 Å². The first-order valence-electron chi connectivity index (χ1n) is 6.18. The van der Waals surface area contributed by atoms with Gasteiger partial charge in [-0.25, -0.2) is 0 Å². The van der Waals surface area contributed by atoms with E-state index < -0.39 is 0 Å². The van der Waals surface area contributed by atoms with Crippen LogP contribution < -0.4 is 4.90 Å². The number of nitrogens with zero attached hydrogens (tertiary/aromatic N) is 1. The Kier molecular flexibility index (Phi) is 2.63. The molecule has 0 fully saturated rings. The third kappa shape index (κ3) is 1.90. The van der Waals surface area contributed by atoms with Gasteiger partial charge in [-0.15, -0.1) is 0 Å². The molecule has 1 heterocycles. The highest BCUT2D eigenvalue weighted by Crippen LogP contribution is 2.30. The fourth-order valence-corrected chi connectivity index (χ4v) is 2.41. The number of anilines is 1. The molecule has 2 aromatic rings. The van der Waals surface area contributed by atoms with Gasteiger partial charge in [-0.3, -0.25) is 4.79 Å². The lowest BCUT2D eigenvalue weighted by atomic mass is 10.1. The molecule has 0 atom stereocenters. The topological polar surface area (TPSA) is 20.3 Å². The predicted octanol–water partition coefficient (Wildman–Crippen LogP) is 3.08.